The summed E-state index contributed by atoms with van der Waals surface area (Å²) in [6.07, 6.45) is 8.15. The summed E-state index contributed by atoms with van der Waals surface area (Å²) in [5.41, 5.74) is 6.97. The van der Waals surface area contributed by atoms with Crippen LogP contribution in [-0.2, 0) is 0 Å². The fourth-order valence-electron chi connectivity index (χ4n) is 1.77. The number of nitrogens with zero attached hydrogens (tertiary/aromatic N) is 2. The second-order valence-electron chi connectivity index (χ2n) is 4.37. The highest BCUT2D eigenvalue weighted by molar-refractivity contribution is 8.14. The molecule has 5 heteroatoms. The maximum Gasteiger partial charge on any atom is 0.213 e. The van der Waals surface area contributed by atoms with Crippen molar-refractivity contribution in [2.45, 2.75) is 25.7 Å². The average Bonchev–Trinajstić information content (AvgIpc) is 2.46. The lowest BCUT2D eigenvalue weighted by atomic mass is 10.1. The number of thioether (sulfide) groups is 1. The Morgan fingerprint density at radius 2 is 2.21 bits per heavy atom. The first-order valence-corrected chi connectivity index (χ1v) is 7.51. The van der Waals surface area contributed by atoms with E-state index in [0.29, 0.717) is 11.0 Å². The summed E-state index contributed by atoms with van der Waals surface area (Å²) in [6.45, 7) is 0.732. The first-order valence-electron chi connectivity index (χ1n) is 6.52. The van der Waals surface area contributed by atoms with Crippen LogP contribution in [0.4, 0.5) is 0 Å². The third-order valence-electron chi connectivity index (χ3n) is 2.81. The number of unbranched alkanes of at least 4 members (excludes halogenated alkanes) is 2. The minimum atomic E-state index is 0.674. The van der Waals surface area contributed by atoms with Gasteiger partial charge in [0.05, 0.1) is 6.61 Å². The highest BCUT2D eigenvalue weighted by Gasteiger charge is 2.05. The van der Waals surface area contributed by atoms with Gasteiger partial charge in [-0.15, -0.1) is 0 Å². The van der Waals surface area contributed by atoms with Gasteiger partial charge >= 0.3 is 0 Å². The van der Waals surface area contributed by atoms with Crippen molar-refractivity contribution in [2.24, 2.45) is 10.7 Å². The predicted octanol–water partition coefficient (Wildman–Crippen LogP) is 2.97. The number of ether oxygens (including phenoxy) is 1. The second kappa shape index (κ2) is 7.84. The van der Waals surface area contributed by atoms with Crippen LogP contribution in [0.25, 0.3) is 0 Å². The van der Waals surface area contributed by atoms with Crippen LogP contribution in [-0.4, -0.2) is 22.5 Å². The standard InChI is InChI=1S/C14H19N3OS/c15-14-17-10-12(11-19-14)6-2-1-5-9-18-13-7-3-4-8-16-13/h3-4,7-8,10H,1-2,5-6,9,11H2,(H2,15,17). The summed E-state index contributed by atoms with van der Waals surface area (Å²) in [5.74, 6) is 1.69. The van der Waals surface area contributed by atoms with Crippen LogP contribution in [0.3, 0.4) is 0 Å². The van der Waals surface area contributed by atoms with Gasteiger partial charge in [-0.1, -0.05) is 17.8 Å². The molecule has 0 aromatic carbocycles. The summed E-state index contributed by atoms with van der Waals surface area (Å²) in [7, 11) is 0. The van der Waals surface area contributed by atoms with Crippen LogP contribution in [0.15, 0.2) is 41.2 Å². The van der Waals surface area contributed by atoms with Crippen molar-refractivity contribution >= 4 is 16.9 Å². The zero-order chi connectivity index (χ0) is 13.3. The van der Waals surface area contributed by atoms with Crippen molar-refractivity contribution in [3.05, 3.63) is 36.2 Å². The Morgan fingerprint density at radius 3 is 2.95 bits per heavy atom. The van der Waals surface area contributed by atoms with Crippen molar-refractivity contribution in [2.75, 3.05) is 12.4 Å². The van der Waals surface area contributed by atoms with Crippen LogP contribution >= 0.6 is 11.8 Å². The van der Waals surface area contributed by atoms with Crippen molar-refractivity contribution in [3.8, 4) is 5.88 Å². The zero-order valence-electron chi connectivity index (χ0n) is 10.9. The molecule has 0 unspecified atom stereocenters. The molecule has 2 heterocycles. The highest BCUT2D eigenvalue weighted by atomic mass is 32.2. The maximum absolute atomic E-state index is 5.59. The lowest BCUT2D eigenvalue weighted by Crippen LogP contribution is -2.10. The molecule has 102 valence electrons. The molecule has 1 aromatic rings. The van der Waals surface area contributed by atoms with Crippen LogP contribution in [0.1, 0.15) is 25.7 Å². The molecule has 0 atom stereocenters. The molecular weight excluding hydrogens is 258 g/mol. The number of aliphatic imine (C=N–C) groups is 1. The van der Waals surface area contributed by atoms with Crippen LogP contribution in [0.2, 0.25) is 0 Å². The van der Waals surface area contributed by atoms with E-state index in [1.165, 1.54) is 12.0 Å². The van der Waals surface area contributed by atoms with Crippen molar-refractivity contribution in [1.29, 1.82) is 0 Å². The van der Waals surface area contributed by atoms with E-state index in [4.69, 9.17) is 10.5 Å². The molecule has 0 aliphatic carbocycles. The first-order chi connectivity index (χ1) is 9.34. The Morgan fingerprint density at radius 1 is 1.26 bits per heavy atom. The van der Waals surface area contributed by atoms with Gasteiger partial charge in [-0.3, -0.25) is 0 Å². The molecule has 2 N–H and O–H groups in total. The molecule has 1 aliphatic heterocycles. The molecule has 19 heavy (non-hydrogen) atoms. The SMILES string of the molecule is NC1=NC=C(CCCCCOc2ccccn2)CS1. The Kier molecular flexibility index (Phi) is 5.75. The minimum absolute atomic E-state index is 0.674. The Bertz CT molecular complexity index is 445. The summed E-state index contributed by atoms with van der Waals surface area (Å²) in [5, 5.41) is 0.674. The van der Waals surface area contributed by atoms with Gasteiger partial charge in [0.15, 0.2) is 5.17 Å². The van der Waals surface area contributed by atoms with Gasteiger partial charge in [-0.05, 0) is 37.3 Å². The van der Waals surface area contributed by atoms with Crippen molar-refractivity contribution in [1.82, 2.24) is 4.98 Å². The van der Waals surface area contributed by atoms with E-state index >= 15 is 0 Å². The Balaban J connectivity index is 1.53. The van der Waals surface area contributed by atoms with Crippen LogP contribution in [0.5, 0.6) is 5.88 Å². The van der Waals surface area contributed by atoms with Gasteiger partial charge in [0.2, 0.25) is 5.88 Å². The number of rotatable bonds is 7. The molecule has 0 saturated carbocycles. The largest absolute Gasteiger partial charge is 0.478 e. The third-order valence-corrected chi connectivity index (χ3v) is 3.73. The Hall–Kier alpha value is -1.49. The van der Waals surface area contributed by atoms with Gasteiger partial charge in [0, 0.05) is 24.2 Å². The zero-order valence-corrected chi connectivity index (χ0v) is 11.7. The number of pyridine rings is 1. The van der Waals surface area contributed by atoms with Gasteiger partial charge in [-0.25, -0.2) is 9.98 Å². The van der Waals surface area contributed by atoms with Crippen molar-refractivity contribution < 1.29 is 4.74 Å². The van der Waals surface area contributed by atoms with Gasteiger partial charge in [0.1, 0.15) is 0 Å². The minimum Gasteiger partial charge on any atom is -0.478 e. The lowest BCUT2D eigenvalue weighted by molar-refractivity contribution is 0.294. The smallest absolute Gasteiger partial charge is 0.213 e. The lowest BCUT2D eigenvalue weighted by Gasteiger charge is -2.10. The van der Waals surface area contributed by atoms with Crippen LogP contribution in [0, 0.1) is 0 Å². The summed E-state index contributed by atoms with van der Waals surface area (Å²) >= 11 is 1.62. The van der Waals surface area contributed by atoms with E-state index < -0.39 is 0 Å². The van der Waals surface area contributed by atoms with Crippen LogP contribution < -0.4 is 10.5 Å². The molecular formula is C14H19N3OS. The van der Waals surface area contributed by atoms with E-state index in [2.05, 4.69) is 9.98 Å². The van der Waals surface area contributed by atoms with E-state index in [0.717, 1.165) is 31.6 Å². The topological polar surface area (TPSA) is 60.5 Å². The summed E-state index contributed by atoms with van der Waals surface area (Å²) in [4.78, 5) is 8.24. The molecule has 0 radical (unpaired) electrons. The quantitative estimate of drug-likeness (QED) is 0.778. The highest BCUT2D eigenvalue weighted by Crippen LogP contribution is 2.19. The van der Waals surface area contributed by atoms with Gasteiger partial charge in [0.25, 0.3) is 0 Å². The monoisotopic (exact) mass is 277 g/mol. The van der Waals surface area contributed by atoms with Gasteiger partial charge < -0.3 is 10.5 Å². The number of aromatic nitrogens is 1. The molecule has 0 saturated heterocycles. The molecule has 0 spiro atoms. The molecule has 1 aliphatic rings. The molecule has 0 fully saturated rings. The number of hydrogen-bond acceptors (Lipinski definition) is 5. The predicted molar refractivity (Wildman–Crippen MR) is 80.4 cm³/mol. The first kappa shape index (κ1) is 13.9. The summed E-state index contributed by atoms with van der Waals surface area (Å²) < 4.78 is 5.54. The fourth-order valence-corrected chi connectivity index (χ4v) is 2.45. The number of hydrogen-bond donors (Lipinski definition) is 1. The van der Waals surface area contributed by atoms with E-state index in [-0.39, 0.29) is 0 Å². The number of amidine groups is 1. The third kappa shape index (κ3) is 5.34. The maximum atomic E-state index is 5.59. The summed E-state index contributed by atoms with van der Waals surface area (Å²) in [6, 6.07) is 5.70. The molecule has 4 nitrogen and oxygen atoms in total. The molecule has 1 aromatic heterocycles. The van der Waals surface area contributed by atoms with E-state index in [1.807, 2.05) is 24.4 Å². The van der Waals surface area contributed by atoms with Crippen molar-refractivity contribution in [3.63, 3.8) is 0 Å². The van der Waals surface area contributed by atoms with Gasteiger partial charge in [-0.2, -0.15) is 0 Å². The number of nitrogens with two attached hydrogens (primary N) is 1. The molecule has 2 rings (SSSR count). The fraction of sp³-hybridized carbons (Fsp3) is 0.429. The molecule has 0 amide bonds. The molecule has 0 bridgehead atoms. The second-order valence-corrected chi connectivity index (χ2v) is 5.37. The van der Waals surface area contributed by atoms with E-state index in [1.54, 1.807) is 18.0 Å². The normalized spacial score (nSPS) is 14.7. The van der Waals surface area contributed by atoms with E-state index in [9.17, 15) is 0 Å². The Labute approximate surface area is 118 Å². The average molecular weight is 277 g/mol.